The van der Waals surface area contributed by atoms with Gasteiger partial charge in [-0.3, -0.25) is 4.90 Å². The van der Waals surface area contributed by atoms with E-state index in [2.05, 4.69) is 17.1 Å². The number of hydrogen-bond acceptors (Lipinski definition) is 4. The van der Waals surface area contributed by atoms with E-state index in [1.54, 1.807) is 12.1 Å². The minimum atomic E-state index is -3.10. The third-order valence-corrected chi connectivity index (χ3v) is 5.09. The Morgan fingerprint density at radius 2 is 2.00 bits per heavy atom. The zero-order valence-corrected chi connectivity index (χ0v) is 13.8. The van der Waals surface area contributed by atoms with E-state index in [0.29, 0.717) is 10.9 Å². The van der Waals surface area contributed by atoms with Gasteiger partial charge in [-0.05, 0) is 43.6 Å². The number of benzene rings is 1. The second-order valence-corrected chi connectivity index (χ2v) is 7.96. The highest BCUT2D eigenvalue weighted by Crippen LogP contribution is 2.14. The molecule has 2 rings (SSSR count). The lowest BCUT2D eigenvalue weighted by Gasteiger charge is -2.24. The van der Waals surface area contributed by atoms with Crippen LogP contribution in [-0.4, -0.2) is 45.2 Å². The lowest BCUT2D eigenvalue weighted by atomic mass is 10.1. The molecule has 5 heteroatoms. The summed E-state index contributed by atoms with van der Waals surface area (Å²) in [5.74, 6) is 0. The molecule has 1 unspecified atom stereocenters. The molecule has 21 heavy (non-hydrogen) atoms. The van der Waals surface area contributed by atoms with Crippen LogP contribution in [0.4, 0.5) is 0 Å². The summed E-state index contributed by atoms with van der Waals surface area (Å²) in [6.45, 7) is 6.38. The van der Waals surface area contributed by atoms with Crippen molar-refractivity contribution in [2.45, 2.75) is 43.7 Å². The molecular weight excluding hydrogens is 284 g/mol. The number of nitrogens with zero attached hydrogens (tertiary/aromatic N) is 1. The molecule has 0 aliphatic carbocycles. The van der Waals surface area contributed by atoms with Crippen molar-refractivity contribution in [3.05, 3.63) is 29.8 Å². The van der Waals surface area contributed by atoms with Crippen molar-refractivity contribution in [3.8, 4) is 0 Å². The van der Waals surface area contributed by atoms with Crippen molar-refractivity contribution in [3.63, 3.8) is 0 Å². The van der Waals surface area contributed by atoms with Gasteiger partial charge >= 0.3 is 0 Å². The topological polar surface area (TPSA) is 49.4 Å². The lowest BCUT2D eigenvalue weighted by Crippen LogP contribution is -2.37. The van der Waals surface area contributed by atoms with Crippen LogP contribution in [0.3, 0.4) is 0 Å². The maximum atomic E-state index is 11.5. The SMILES string of the molecule is CCCC1CN(Cc2ccc(S(C)(=O)=O)cc2)CCCN1. The highest BCUT2D eigenvalue weighted by atomic mass is 32.2. The predicted octanol–water partition coefficient (Wildman–Crippen LogP) is 2.05. The van der Waals surface area contributed by atoms with Crippen molar-refractivity contribution >= 4 is 9.84 Å². The van der Waals surface area contributed by atoms with Crippen LogP contribution in [0, 0.1) is 0 Å². The van der Waals surface area contributed by atoms with Crippen LogP contribution in [0.2, 0.25) is 0 Å². The van der Waals surface area contributed by atoms with Crippen LogP contribution >= 0.6 is 0 Å². The smallest absolute Gasteiger partial charge is 0.175 e. The molecule has 1 aromatic rings. The molecule has 1 saturated heterocycles. The average Bonchev–Trinajstić information content (AvgIpc) is 2.64. The minimum Gasteiger partial charge on any atom is -0.313 e. The molecule has 1 heterocycles. The molecule has 0 aromatic heterocycles. The molecule has 1 aliphatic rings. The van der Waals surface area contributed by atoms with Gasteiger partial charge < -0.3 is 5.32 Å². The molecule has 1 aromatic carbocycles. The number of rotatable bonds is 5. The summed E-state index contributed by atoms with van der Waals surface area (Å²) in [6, 6.07) is 7.87. The first-order valence-electron chi connectivity index (χ1n) is 7.74. The molecule has 1 fully saturated rings. The molecule has 0 bridgehead atoms. The van der Waals surface area contributed by atoms with Crippen molar-refractivity contribution in [2.75, 3.05) is 25.9 Å². The fourth-order valence-corrected chi connectivity index (χ4v) is 3.49. The van der Waals surface area contributed by atoms with Gasteiger partial charge in [0, 0.05) is 25.4 Å². The van der Waals surface area contributed by atoms with Gasteiger partial charge in [-0.2, -0.15) is 0 Å². The predicted molar refractivity (Wildman–Crippen MR) is 86.1 cm³/mol. The zero-order chi connectivity index (χ0) is 15.3. The summed E-state index contributed by atoms with van der Waals surface area (Å²) in [4.78, 5) is 2.86. The average molecular weight is 310 g/mol. The van der Waals surface area contributed by atoms with Crippen molar-refractivity contribution in [1.82, 2.24) is 10.2 Å². The van der Waals surface area contributed by atoms with Crippen LogP contribution in [-0.2, 0) is 16.4 Å². The fourth-order valence-electron chi connectivity index (χ4n) is 2.86. The summed E-state index contributed by atoms with van der Waals surface area (Å²) in [7, 11) is -3.10. The molecule has 0 amide bonds. The summed E-state index contributed by atoms with van der Waals surface area (Å²) >= 11 is 0. The Morgan fingerprint density at radius 3 is 2.62 bits per heavy atom. The van der Waals surface area contributed by atoms with Gasteiger partial charge in [-0.1, -0.05) is 25.5 Å². The van der Waals surface area contributed by atoms with E-state index in [9.17, 15) is 8.42 Å². The normalized spacial score (nSPS) is 21.1. The Bertz CT molecular complexity index is 540. The quantitative estimate of drug-likeness (QED) is 0.904. The van der Waals surface area contributed by atoms with Crippen LogP contribution in [0.15, 0.2) is 29.2 Å². The van der Waals surface area contributed by atoms with Crippen LogP contribution in [0.25, 0.3) is 0 Å². The summed E-state index contributed by atoms with van der Waals surface area (Å²) in [6.07, 6.45) is 4.83. The van der Waals surface area contributed by atoms with Gasteiger partial charge in [0.05, 0.1) is 4.90 Å². The first-order valence-corrected chi connectivity index (χ1v) is 9.63. The van der Waals surface area contributed by atoms with Crippen LogP contribution < -0.4 is 5.32 Å². The highest BCUT2D eigenvalue weighted by molar-refractivity contribution is 7.90. The molecule has 0 saturated carbocycles. The number of sulfone groups is 1. The van der Waals surface area contributed by atoms with E-state index >= 15 is 0 Å². The second kappa shape index (κ2) is 7.38. The second-order valence-electron chi connectivity index (χ2n) is 5.94. The Morgan fingerprint density at radius 1 is 1.29 bits per heavy atom. The minimum absolute atomic E-state index is 0.396. The third kappa shape index (κ3) is 5.09. The maximum absolute atomic E-state index is 11.5. The van der Waals surface area contributed by atoms with Crippen molar-refractivity contribution < 1.29 is 8.42 Å². The molecule has 1 atom stereocenters. The van der Waals surface area contributed by atoms with E-state index in [0.717, 1.165) is 26.2 Å². The van der Waals surface area contributed by atoms with E-state index < -0.39 is 9.84 Å². The van der Waals surface area contributed by atoms with E-state index in [1.165, 1.54) is 31.1 Å². The first kappa shape index (κ1) is 16.5. The lowest BCUT2D eigenvalue weighted by molar-refractivity contribution is 0.255. The summed E-state index contributed by atoms with van der Waals surface area (Å²) < 4.78 is 23.0. The third-order valence-electron chi connectivity index (χ3n) is 3.96. The van der Waals surface area contributed by atoms with Crippen LogP contribution in [0.1, 0.15) is 31.7 Å². The molecule has 0 radical (unpaired) electrons. The summed E-state index contributed by atoms with van der Waals surface area (Å²) in [5, 5.41) is 3.61. The molecule has 1 N–H and O–H groups in total. The van der Waals surface area contributed by atoms with Crippen molar-refractivity contribution in [2.24, 2.45) is 0 Å². The number of nitrogens with one attached hydrogen (secondary N) is 1. The Kier molecular flexibility index (Phi) is 5.79. The molecular formula is C16H26N2O2S. The number of hydrogen-bond donors (Lipinski definition) is 1. The van der Waals surface area contributed by atoms with Crippen molar-refractivity contribution in [1.29, 1.82) is 0 Å². The van der Waals surface area contributed by atoms with E-state index in [-0.39, 0.29) is 0 Å². The van der Waals surface area contributed by atoms with Gasteiger partial charge in [-0.25, -0.2) is 8.42 Å². The van der Waals surface area contributed by atoms with Crippen LogP contribution in [0.5, 0.6) is 0 Å². The Balaban J connectivity index is 1.99. The molecule has 1 aliphatic heterocycles. The Labute approximate surface area is 128 Å². The van der Waals surface area contributed by atoms with E-state index in [4.69, 9.17) is 0 Å². The highest BCUT2D eigenvalue weighted by Gasteiger charge is 2.17. The van der Waals surface area contributed by atoms with Gasteiger partial charge in [0.1, 0.15) is 0 Å². The fraction of sp³-hybridized carbons (Fsp3) is 0.625. The van der Waals surface area contributed by atoms with Gasteiger partial charge in [0.25, 0.3) is 0 Å². The van der Waals surface area contributed by atoms with E-state index in [1.807, 2.05) is 12.1 Å². The first-order chi connectivity index (χ1) is 9.99. The van der Waals surface area contributed by atoms with Gasteiger partial charge in [0.15, 0.2) is 9.84 Å². The van der Waals surface area contributed by atoms with Gasteiger partial charge in [-0.15, -0.1) is 0 Å². The molecule has 0 spiro atoms. The molecule has 4 nitrogen and oxygen atoms in total. The zero-order valence-electron chi connectivity index (χ0n) is 13.0. The maximum Gasteiger partial charge on any atom is 0.175 e. The summed E-state index contributed by atoms with van der Waals surface area (Å²) in [5.41, 5.74) is 1.18. The largest absolute Gasteiger partial charge is 0.313 e. The van der Waals surface area contributed by atoms with Gasteiger partial charge in [0.2, 0.25) is 0 Å². The standard InChI is InChI=1S/C16H26N2O2S/c1-3-5-15-13-18(11-4-10-17-15)12-14-6-8-16(9-7-14)21(2,19)20/h6-9,15,17H,3-5,10-13H2,1-2H3. The molecule has 118 valence electrons. The Hall–Kier alpha value is -0.910. The monoisotopic (exact) mass is 310 g/mol.